The van der Waals surface area contributed by atoms with Crippen molar-refractivity contribution in [2.24, 2.45) is 0 Å². The molecular formula is C17H16N2O3. The van der Waals surface area contributed by atoms with Crippen LogP contribution in [0.5, 0.6) is 11.5 Å². The third-order valence-electron chi connectivity index (χ3n) is 2.98. The van der Waals surface area contributed by atoms with Gasteiger partial charge in [0, 0.05) is 11.3 Å². The Balaban J connectivity index is 2.20. The lowest BCUT2D eigenvalue weighted by molar-refractivity contribution is 0.102. The van der Waals surface area contributed by atoms with Crippen LogP contribution in [0.25, 0.3) is 0 Å². The van der Waals surface area contributed by atoms with E-state index in [2.05, 4.69) is 5.32 Å². The number of methoxy groups -OCH3 is 1. The van der Waals surface area contributed by atoms with Gasteiger partial charge in [0.1, 0.15) is 0 Å². The first-order valence-corrected chi connectivity index (χ1v) is 6.80. The molecule has 22 heavy (non-hydrogen) atoms. The largest absolute Gasteiger partial charge is 0.493 e. The maximum atomic E-state index is 12.3. The van der Waals surface area contributed by atoms with Crippen LogP contribution in [0.3, 0.4) is 0 Å². The zero-order valence-electron chi connectivity index (χ0n) is 12.4. The summed E-state index contributed by atoms with van der Waals surface area (Å²) < 4.78 is 10.6. The van der Waals surface area contributed by atoms with Crippen LogP contribution in [0.2, 0.25) is 0 Å². The predicted molar refractivity (Wildman–Crippen MR) is 83.3 cm³/mol. The van der Waals surface area contributed by atoms with Gasteiger partial charge in [0.2, 0.25) is 0 Å². The number of hydrogen-bond donors (Lipinski definition) is 1. The van der Waals surface area contributed by atoms with Gasteiger partial charge >= 0.3 is 0 Å². The van der Waals surface area contributed by atoms with Crippen molar-refractivity contribution in [3.05, 3.63) is 53.6 Å². The summed E-state index contributed by atoms with van der Waals surface area (Å²) in [7, 11) is 1.52. The molecule has 0 unspecified atom stereocenters. The van der Waals surface area contributed by atoms with Gasteiger partial charge in [-0.25, -0.2) is 0 Å². The van der Waals surface area contributed by atoms with E-state index in [4.69, 9.17) is 14.7 Å². The van der Waals surface area contributed by atoms with Gasteiger partial charge in [-0.05, 0) is 43.3 Å². The lowest BCUT2D eigenvalue weighted by Crippen LogP contribution is -2.12. The molecule has 112 valence electrons. The van der Waals surface area contributed by atoms with Crippen LogP contribution in [0.1, 0.15) is 22.8 Å². The highest BCUT2D eigenvalue weighted by Crippen LogP contribution is 2.28. The van der Waals surface area contributed by atoms with Crippen molar-refractivity contribution < 1.29 is 14.3 Å². The van der Waals surface area contributed by atoms with Crippen LogP contribution in [0.15, 0.2) is 42.5 Å². The summed E-state index contributed by atoms with van der Waals surface area (Å²) >= 11 is 0. The van der Waals surface area contributed by atoms with E-state index in [1.807, 2.05) is 13.0 Å². The fraction of sp³-hybridized carbons (Fsp3) is 0.176. The van der Waals surface area contributed by atoms with Crippen LogP contribution in [-0.4, -0.2) is 19.6 Å². The van der Waals surface area contributed by atoms with Gasteiger partial charge in [0.15, 0.2) is 11.5 Å². The number of nitrogens with one attached hydrogen (secondary N) is 1. The number of carbonyl (C=O) groups excluding carboxylic acids is 1. The normalized spacial score (nSPS) is 9.68. The topological polar surface area (TPSA) is 71.3 Å². The molecule has 0 heterocycles. The van der Waals surface area contributed by atoms with Crippen LogP contribution in [0, 0.1) is 11.3 Å². The maximum Gasteiger partial charge on any atom is 0.255 e. The van der Waals surface area contributed by atoms with Gasteiger partial charge in [-0.2, -0.15) is 5.26 Å². The zero-order chi connectivity index (χ0) is 15.9. The molecule has 0 radical (unpaired) electrons. The van der Waals surface area contributed by atoms with Crippen LogP contribution >= 0.6 is 0 Å². The van der Waals surface area contributed by atoms with E-state index in [0.29, 0.717) is 34.9 Å². The molecule has 2 aromatic rings. The molecule has 0 bridgehead atoms. The minimum atomic E-state index is -0.281. The third kappa shape index (κ3) is 3.55. The molecule has 0 spiro atoms. The van der Waals surface area contributed by atoms with Crippen molar-refractivity contribution in [3.8, 4) is 17.6 Å². The lowest BCUT2D eigenvalue weighted by Gasteiger charge is -2.11. The first-order valence-electron chi connectivity index (χ1n) is 6.80. The second kappa shape index (κ2) is 7.14. The number of amides is 1. The van der Waals surface area contributed by atoms with E-state index in [1.54, 1.807) is 42.5 Å². The van der Waals surface area contributed by atoms with E-state index in [1.165, 1.54) is 7.11 Å². The van der Waals surface area contributed by atoms with Crippen molar-refractivity contribution in [1.82, 2.24) is 0 Å². The Labute approximate surface area is 129 Å². The van der Waals surface area contributed by atoms with Crippen LogP contribution < -0.4 is 14.8 Å². The second-order valence-electron chi connectivity index (χ2n) is 4.45. The number of benzene rings is 2. The molecule has 0 aliphatic rings. The molecule has 0 fully saturated rings. The summed E-state index contributed by atoms with van der Waals surface area (Å²) in [5, 5.41) is 11.6. The van der Waals surface area contributed by atoms with Gasteiger partial charge in [0.25, 0.3) is 5.91 Å². The minimum absolute atomic E-state index is 0.281. The average molecular weight is 296 g/mol. The highest BCUT2D eigenvalue weighted by molar-refractivity contribution is 6.04. The Kier molecular flexibility index (Phi) is 4.99. The first-order chi connectivity index (χ1) is 10.7. The molecule has 5 nitrogen and oxygen atoms in total. The number of rotatable bonds is 5. The Morgan fingerprint density at radius 1 is 1.23 bits per heavy atom. The summed E-state index contributed by atoms with van der Waals surface area (Å²) in [5.74, 6) is 0.810. The Morgan fingerprint density at radius 2 is 2.05 bits per heavy atom. The first kappa shape index (κ1) is 15.4. The summed E-state index contributed by atoms with van der Waals surface area (Å²) in [5.41, 5.74) is 1.50. The highest BCUT2D eigenvalue weighted by Gasteiger charge is 2.11. The number of hydrogen-bond acceptors (Lipinski definition) is 4. The smallest absolute Gasteiger partial charge is 0.255 e. The van der Waals surface area contributed by atoms with Crippen molar-refractivity contribution in [1.29, 1.82) is 5.26 Å². The standard InChI is InChI=1S/C17H16N2O3/c1-3-22-15-8-7-13(10-16(15)21-2)17(20)19-14-6-4-5-12(9-14)11-18/h4-10H,3H2,1-2H3,(H,19,20). The van der Waals surface area contributed by atoms with E-state index in [9.17, 15) is 4.79 Å². The quantitative estimate of drug-likeness (QED) is 0.919. The number of ether oxygens (including phenoxy) is 2. The second-order valence-corrected chi connectivity index (χ2v) is 4.45. The number of nitrogens with zero attached hydrogens (tertiary/aromatic N) is 1. The molecule has 0 saturated heterocycles. The molecule has 5 heteroatoms. The van der Waals surface area contributed by atoms with E-state index in [0.717, 1.165) is 0 Å². The van der Waals surface area contributed by atoms with E-state index >= 15 is 0 Å². The minimum Gasteiger partial charge on any atom is -0.493 e. The van der Waals surface area contributed by atoms with Gasteiger partial charge in [-0.1, -0.05) is 6.07 Å². The van der Waals surface area contributed by atoms with Crippen molar-refractivity contribution in [2.75, 3.05) is 19.0 Å². The molecule has 2 rings (SSSR count). The molecule has 1 amide bonds. The van der Waals surface area contributed by atoms with Crippen LogP contribution in [-0.2, 0) is 0 Å². The van der Waals surface area contributed by atoms with Crippen molar-refractivity contribution in [2.45, 2.75) is 6.92 Å². The average Bonchev–Trinajstić information content (AvgIpc) is 2.55. The summed E-state index contributed by atoms with van der Waals surface area (Å²) in [6, 6.07) is 13.7. The molecule has 0 aromatic heterocycles. The number of nitriles is 1. The molecule has 0 atom stereocenters. The monoisotopic (exact) mass is 296 g/mol. The van der Waals surface area contributed by atoms with Gasteiger partial charge in [-0.3, -0.25) is 4.79 Å². The third-order valence-corrected chi connectivity index (χ3v) is 2.98. The predicted octanol–water partition coefficient (Wildman–Crippen LogP) is 3.22. The Morgan fingerprint density at radius 3 is 2.73 bits per heavy atom. The Bertz CT molecular complexity index is 720. The van der Waals surface area contributed by atoms with Crippen LogP contribution in [0.4, 0.5) is 5.69 Å². The number of carbonyl (C=O) groups is 1. The van der Waals surface area contributed by atoms with Crippen molar-refractivity contribution in [3.63, 3.8) is 0 Å². The fourth-order valence-corrected chi connectivity index (χ4v) is 1.95. The highest BCUT2D eigenvalue weighted by atomic mass is 16.5. The lowest BCUT2D eigenvalue weighted by atomic mass is 10.1. The van der Waals surface area contributed by atoms with Gasteiger partial charge in [0.05, 0.1) is 25.3 Å². The molecule has 0 saturated carbocycles. The maximum absolute atomic E-state index is 12.3. The summed E-state index contributed by atoms with van der Waals surface area (Å²) in [6.45, 7) is 2.39. The van der Waals surface area contributed by atoms with Gasteiger partial charge in [-0.15, -0.1) is 0 Å². The Hall–Kier alpha value is -3.00. The molecule has 2 aromatic carbocycles. The SMILES string of the molecule is CCOc1ccc(C(=O)Nc2cccc(C#N)c2)cc1OC. The van der Waals surface area contributed by atoms with E-state index < -0.39 is 0 Å². The number of anilines is 1. The fourth-order valence-electron chi connectivity index (χ4n) is 1.95. The molecular weight excluding hydrogens is 280 g/mol. The molecule has 1 N–H and O–H groups in total. The summed E-state index contributed by atoms with van der Waals surface area (Å²) in [6.07, 6.45) is 0. The zero-order valence-corrected chi connectivity index (χ0v) is 12.4. The van der Waals surface area contributed by atoms with Gasteiger partial charge < -0.3 is 14.8 Å². The van der Waals surface area contributed by atoms with Crippen molar-refractivity contribution >= 4 is 11.6 Å². The van der Waals surface area contributed by atoms with E-state index in [-0.39, 0.29) is 5.91 Å². The molecule has 0 aliphatic carbocycles. The molecule has 0 aliphatic heterocycles. The summed E-state index contributed by atoms with van der Waals surface area (Å²) in [4.78, 5) is 12.3.